The molecule has 0 heterocycles. The van der Waals surface area contributed by atoms with Crippen molar-refractivity contribution >= 4 is 35.3 Å². The number of rotatable bonds is 11. The minimum Gasteiger partial charge on any atom is -0.508 e. The number of aliphatic hydroxyl groups is 1. The van der Waals surface area contributed by atoms with Gasteiger partial charge in [-0.25, -0.2) is 0 Å². The van der Waals surface area contributed by atoms with Gasteiger partial charge in [0.05, 0.1) is 6.61 Å². The molecule has 0 unspecified atom stereocenters. The third-order valence-electron chi connectivity index (χ3n) is 4.99. The summed E-state index contributed by atoms with van der Waals surface area (Å²) in [6.07, 6.45) is 5.72. The molecule has 34 heavy (non-hydrogen) atoms. The van der Waals surface area contributed by atoms with Gasteiger partial charge in [-0.15, -0.1) is 9.81 Å². The SMILES string of the molecule is CCOC(=O)CC/C(C(=O)/C=C/c1ccc(N=O)c(C)c1)=C(O)\C=C\c1ccc(N=O)c(C)c1. The third kappa shape index (κ3) is 7.44. The van der Waals surface area contributed by atoms with E-state index >= 15 is 0 Å². The van der Waals surface area contributed by atoms with Crippen LogP contribution in [-0.2, 0) is 14.3 Å². The van der Waals surface area contributed by atoms with Gasteiger partial charge in [0.15, 0.2) is 5.78 Å². The lowest BCUT2D eigenvalue weighted by Gasteiger charge is -2.07. The normalized spacial score (nSPS) is 12.0. The van der Waals surface area contributed by atoms with Gasteiger partial charge < -0.3 is 9.84 Å². The molecule has 0 spiro atoms. The first-order valence-electron chi connectivity index (χ1n) is 10.6. The molecule has 0 atom stereocenters. The molecule has 0 bridgehead atoms. The molecular weight excluding hydrogens is 436 g/mol. The second-order valence-electron chi connectivity index (χ2n) is 7.47. The first-order chi connectivity index (χ1) is 16.3. The number of ketones is 1. The Bertz CT molecular complexity index is 1180. The molecule has 0 aromatic heterocycles. The van der Waals surface area contributed by atoms with Crippen molar-refractivity contribution in [2.45, 2.75) is 33.6 Å². The van der Waals surface area contributed by atoms with Crippen molar-refractivity contribution in [2.24, 2.45) is 10.4 Å². The lowest BCUT2D eigenvalue weighted by molar-refractivity contribution is -0.143. The summed E-state index contributed by atoms with van der Waals surface area (Å²) in [7, 11) is 0. The number of nitrogens with zero attached hydrogens (tertiary/aromatic N) is 2. The number of carbonyl (C=O) groups is 2. The van der Waals surface area contributed by atoms with Crippen molar-refractivity contribution in [1.29, 1.82) is 0 Å². The van der Waals surface area contributed by atoms with Crippen LogP contribution in [0, 0.1) is 23.7 Å². The van der Waals surface area contributed by atoms with E-state index < -0.39 is 11.8 Å². The zero-order valence-corrected chi connectivity index (χ0v) is 19.3. The summed E-state index contributed by atoms with van der Waals surface area (Å²) in [6, 6.07) is 9.86. The molecular formula is C26H26N2O6. The van der Waals surface area contributed by atoms with E-state index in [4.69, 9.17) is 4.74 Å². The van der Waals surface area contributed by atoms with Crippen LogP contribution in [0.5, 0.6) is 0 Å². The van der Waals surface area contributed by atoms with Gasteiger partial charge >= 0.3 is 5.97 Å². The highest BCUT2D eigenvalue weighted by Crippen LogP contribution is 2.22. The van der Waals surface area contributed by atoms with E-state index in [0.29, 0.717) is 33.6 Å². The number of carbonyl (C=O) groups excluding carboxylic acids is 2. The monoisotopic (exact) mass is 462 g/mol. The summed E-state index contributed by atoms with van der Waals surface area (Å²) in [5.74, 6) is -1.24. The number of esters is 1. The number of hydrogen-bond acceptors (Lipinski definition) is 8. The number of aliphatic hydroxyl groups excluding tert-OH is 1. The van der Waals surface area contributed by atoms with Gasteiger partial charge in [0.1, 0.15) is 17.1 Å². The number of hydrogen-bond donors (Lipinski definition) is 1. The molecule has 1 N–H and O–H groups in total. The maximum Gasteiger partial charge on any atom is 0.306 e. The predicted octanol–water partition coefficient (Wildman–Crippen LogP) is 6.55. The summed E-state index contributed by atoms with van der Waals surface area (Å²) in [4.78, 5) is 46.2. The summed E-state index contributed by atoms with van der Waals surface area (Å²) in [6.45, 7) is 5.37. The smallest absolute Gasteiger partial charge is 0.306 e. The van der Waals surface area contributed by atoms with Crippen LogP contribution in [0.3, 0.4) is 0 Å². The molecule has 0 aliphatic heterocycles. The number of nitroso groups, excluding NO2 is 2. The van der Waals surface area contributed by atoms with E-state index in [-0.39, 0.29) is 30.8 Å². The van der Waals surface area contributed by atoms with Gasteiger partial charge in [-0.3, -0.25) is 9.59 Å². The Labute approximate surface area is 197 Å². The highest BCUT2D eigenvalue weighted by atomic mass is 16.5. The summed E-state index contributed by atoms with van der Waals surface area (Å²) in [5.41, 5.74) is 3.40. The Kier molecular flexibility index (Phi) is 9.76. The van der Waals surface area contributed by atoms with Crippen LogP contribution >= 0.6 is 0 Å². The van der Waals surface area contributed by atoms with Gasteiger partial charge in [0, 0.05) is 12.0 Å². The number of allylic oxidation sites excluding steroid dienone is 3. The van der Waals surface area contributed by atoms with Crippen LogP contribution in [-0.4, -0.2) is 23.5 Å². The van der Waals surface area contributed by atoms with Crippen LogP contribution in [0.25, 0.3) is 12.2 Å². The van der Waals surface area contributed by atoms with Crippen molar-refractivity contribution in [1.82, 2.24) is 0 Å². The fourth-order valence-electron chi connectivity index (χ4n) is 3.16. The Morgan fingerprint density at radius 1 is 0.882 bits per heavy atom. The second kappa shape index (κ2) is 12.7. The largest absolute Gasteiger partial charge is 0.508 e. The van der Waals surface area contributed by atoms with Crippen LogP contribution < -0.4 is 0 Å². The average Bonchev–Trinajstić information content (AvgIpc) is 2.81. The zero-order valence-electron chi connectivity index (χ0n) is 19.3. The molecule has 0 saturated carbocycles. The van der Waals surface area contributed by atoms with Gasteiger partial charge in [0.2, 0.25) is 0 Å². The predicted molar refractivity (Wildman–Crippen MR) is 132 cm³/mol. The van der Waals surface area contributed by atoms with Gasteiger partial charge in [-0.05, 0) is 96.2 Å². The fourth-order valence-corrected chi connectivity index (χ4v) is 3.16. The van der Waals surface area contributed by atoms with Crippen molar-refractivity contribution < 1.29 is 19.4 Å². The topological polar surface area (TPSA) is 122 Å². The van der Waals surface area contributed by atoms with Crippen LogP contribution in [0.2, 0.25) is 0 Å². The second-order valence-corrected chi connectivity index (χ2v) is 7.47. The van der Waals surface area contributed by atoms with Crippen molar-refractivity contribution in [2.75, 3.05) is 6.61 Å². The lowest BCUT2D eigenvalue weighted by atomic mass is 10.0. The van der Waals surface area contributed by atoms with Gasteiger partial charge in [-0.1, -0.05) is 24.3 Å². The minimum atomic E-state index is -0.478. The molecule has 8 nitrogen and oxygen atoms in total. The van der Waals surface area contributed by atoms with E-state index in [1.165, 1.54) is 12.2 Å². The van der Waals surface area contributed by atoms with Crippen LogP contribution in [0.1, 0.15) is 42.0 Å². The molecule has 0 saturated heterocycles. The van der Waals surface area contributed by atoms with Crippen LogP contribution in [0.4, 0.5) is 11.4 Å². The van der Waals surface area contributed by atoms with E-state index in [9.17, 15) is 24.5 Å². The molecule has 0 amide bonds. The molecule has 0 aliphatic carbocycles. The summed E-state index contributed by atoms with van der Waals surface area (Å²) < 4.78 is 4.92. The first-order valence-corrected chi connectivity index (χ1v) is 10.6. The van der Waals surface area contributed by atoms with E-state index in [2.05, 4.69) is 10.4 Å². The molecule has 0 fully saturated rings. The lowest BCUT2D eigenvalue weighted by Crippen LogP contribution is -2.08. The Hall–Kier alpha value is -4.20. The van der Waals surface area contributed by atoms with Crippen molar-refractivity contribution in [3.8, 4) is 0 Å². The Morgan fingerprint density at radius 2 is 1.41 bits per heavy atom. The highest BCUT2D eigenvalue weighted by molar-refractivity contribution is 6.07. The number of aryl methyl sites for hydroxylation is 2. The zero-order chi connectivity index (χ0) is 25.1. The number of benzene rings is 2. The fraction of sp³-hybridized carbons (Fsp3) is 0.231. The molecule has 176 valence electrons. The van der Waals surface area contributed by atoms with Gasteiger partial charge in [-0.2, -0.15) is 0 Å². The quantitative estimate of drug-likeness (QED) is 0.133. The van der Waals surface area contributed by atoms with Crippen LogP contribution in [0.15, 0.2) is 70.2 Å². The maximum atomic E-state index is 12.9. The summed E-state index contributed by atoms with van der Waals surface area (Å²) >= 11 is 0. The minimum absolute atomic E-state index is 0.0156. The molecule has 0 radical (unpaired) electrons. The van der Waals surface area contributed by atoms with E-state index in [0.717, 1.165) is 0 Å². The highest BCUT2D eigenvalue weighted by Gasteiger charge is 2.14. The maximum absolute atomic E-state index is 12.9. The Morgan fingerprint density at radius 3 is 1.88 bits per heavy atom. The third-order valence-corrected chi connectivity index (χ3v) is 4.99. The first kappa shape index (κ1) is 26.1. The van der Waals surface area contributed by atoms with Crippen molar-refractivity contribution in [3.05, 3.63) is 92.0 Å². The van der Waals surface area contributed by atoms with Crippen molar-refractivity contribution in [3.63, 3.8) is 0 Å². The molecule has 8 heteroatoms. The van der Waals surface area contributed by atoms with Gasteiger partial charge in [0.25, 0.3) is 0 Å². The molecule has 0 aliphatic rings. The van der Waals surface area contributed by atoms with E-state index in [1.54, 1.807) is 69.3 Å². The summed E-state index contributed by atoms with van der Waals surface area (Å²) in [5, 5.41) is 16.5. The Balaban J connectivity index is 2.31. The molecule has 2 rings (SSSR count). The number of ether oxygens (including phenoxy) is 1. The molecule has 2 aromatic rings. The standard InChI is InChI=1S/C26H26N2O6/c1-4-34-26(31)14-9-21(24(29)12-7-19-5-10-22(27-32)17(2)15-19)25(30)13-8-20-6-11-23(28-33)18(3)16-20/h5-8,10-13,15-16,29H,4,9,14H2,1-3H3/b12-7+,13-8+,24-21-. The van der Waals surface area contributed by atoms with E-state index in [1.807, 2.05) is 0 Å². The molecule has 2 aromatic carbocycles. The average molecular weight is 463 g/mol.